The molecule has 0 atom stereocenters. The SMILES string of the molecule is C=C(C)CN(CC)S(=O)(=O)c1ccc([N+](=O)[O-])c(F)c1. The molecule has 0 saturated heterocycles. The topological polar surface area (TPSA) is 80.5 Å². The highest BCUT2D eigenvalue weighted by Gasteiger charge is 2.25. The lowest BCUT2D eigenvalue weighted by Gasteiger charge is -2.20. The van der Waals surface area contributed by atoms with E-state index in [9.17, 15) is 22.9 Å². The Bertz CT molecular complexity index is 643. The fourth-order valence-corrected chi connectivity index (χ4v) is 3.13. The van der Waals surface area contributed by atoms with E-state index in [0.717, 1.165) is 16.4 Å². The first-order valence-electron chi connectivity index (χ1n) is 5.78. The van der Waals surface area contributed by atoms with E-state index in [0.29, 0.717) is 11.6 Å². The van der Waals surface area contributed by atoms with Gasteiger partial charge >= 0.3 is 5.69 Å². The summed E-state index contributed by atoms with van der Waals surface area (Å²) >= 11 is 0. The average Bonchev–Trinajstić information content (AvgIpc) is 2.34. The van der Waals surface area contributed by atoms with Gasteiger partial charge < -0.3 is 0 Å². The Labute approximate surface area is 116 Å². The minimum absolute atomic E-state index is 0.109. The van der Waals surface area contributed by atoms with Gasteiger partial charge in [0.05, 0.1) is 9.82 Å². The van der Waals surface area contributed by atoms with E-state index in [1.54, 1.807) is 13.8 Å². The number of hydrogen-bond acceptors (Lipinski definition) is 4. The fraction of sp³-hybridized carbons (Fsp3) is 0.333. The second-order valence-electron chi connectivity index (χ2n) is 4.26. The first kappa shape index (κ1) is 16.3. The van der Waals surface area contributed by atoms with Gasteiger partial charge in [0, 0.05) is 25.2 Å². The van der Waals surface area contributed by atoms with E-state index in [1.807, 2.05) is 0 Å². The van der Waals surface area contributed by atoms with Crippen molar-refractivity contribution in [1.82, 2.24) is 4.31 Å². The second-order valence-corrected chi connectivity index (χ2v) is 6.20. The molecule has 0 spiro atoms. The van der Waals surface area contributed by atoms with Crippen molar-refractivity contribution in [3.63, 3.8) is 0 Å². The van der Waals surface area contributed by atoms with Gasteiger partial charge in [0.25, 0.3) is 0 Å². The lowest BCUT2D eigenvalue weighted by Crippen LogP contribution is -2.32. The predicted octanol–water partition coefficient (Wildman–Crippen LogP) is 2.32. The van der Waals surface area contributed by atoms with Crippen molar-refractivity contribution in [2.45, 2.75) is 18.7 Å². The van der Waals surface area contributed by atoms with Gasteiger partial charge in [0.2, 0.25) is 15.8 Å². The summed E-state index contributed by atoms with van der Waals surface area (Å²) in [6.07, 6.45) is 0. The van der Waals surface area contributed by atoms with Gasteiger partial charge in [-0.1, -0.05) is 19.1 Å². The third kappa shape index (κ3) is 3.40. The van der Waals surface area contributed by atoms with Gasteiger partial charge in [-0.05, 0) is 13.0 Å². The molecule has 110 valence electrons. The standard InChI is InChI=1S/C12H15FN2O4S/c1-4-14(8-9(2)3)20(18,19)10-5-6-12(15(16)17)11(13)7-10/h5-7H,2,4,8H2,1,3H3. The molecule has 0 fully saturated rings. The predicted molar refractivity (Wildman–Crippen MR) is 72.3 cm³/mol. The highest BCUT2D eigenvalue weighted by molar-refractivity contribution is 7.89. The molecule has 6 nitrogen and oxygen atoms in total. The molecular formula is C12H15FN2O4S. The molecule has 0 aliphatic heterocycles. The maximum Gasteiger partial charge on any atom is 0.304 e. The molecule has 0 unspecified atom stereocenters. The van der Waals surface area contributed by atoms with Crippen molar-refractivity contribution in [3.8, 4) is 0 Å². The van der Waals surface area contributed by atoms with Gasteiger partial charge in [0.1, 0.15) is 0 Å². The zero-order valence-corrected chi connectivity index (χ0v) is 12.0. The molecule has 0 radical (unpaired) electrons. The molecule has 0 aromatic heterocycles. The number of nitro groups is 1. The fourth-order valence-electron chi connectivity index (χ4n) is 1.61. The van der Waals surface area contributed by atoms with E-state index in [-0.39, 0.29) is 18.0 Å². The van der Waals surface area contributed by atoms with Crippen molar-refractivity contribution >= 4 is 15.7 Å². The van der Waals surface area contributed by atoms with Gasteiger partial charge in [0.15, 0.2) is 0 Å². The van der Waals surface area contributed by atoms with Crippen LogP contribution in [0.25, 0.3) is 0 Å². The van der Waals surface area contributed by atoms with Gasteiger partial charge in [-0.3, -0.25) is 10.1 Å². The summed E-state index contributed by atoms with van der Waals surface area (Å²) in [7, 11) is -3.90. The van der Waals surface area contributed by atoms with Crippen LogP contribution in [0.1, 0.15) is 13.8 Å². The van der Waals surface area contributed by atoms with Crippen LogP contribution < -0.4 is 0 Å². The van der Waals surface area contributed by atoms with Crippen LogP contribution >= 0.6 is 0 Å². The number of nitrogens with zero attached hydrogens (tertiary/aromatic N) is 2. The molecule has 1 rings (SSSR count). The molecule has 0 amide bonds. The highest BCUT2D eigenvalue weighted by atomic mass is 32.2. The zero-order valence-electron chi connectivity index (χ0n) is 11.2. The number of likely N-dealkylation sites (N-methyl/N-ethyl adjacent to an activating group) is 1. The van der Waals surface area contributed by atoms with Gasteiger partial charge in [-0.15, -0.1) is 0 Å². The van der Waals surface area contributed by atoms with Crippen LogP contribution in [0.3, 0.4) is 0 Å². The summed E-state index contributed by atoms with van der Waals surface area (Å²) in [5, 5.41) is 10.5. The first-order valence-corrected chi connectivity index (χ1v) is 7.22. The van der Waals surface area contributed by atoms with Crippen molar-refractivity contribution < 1.29 is 17.7 Å². The molecule has 0 aliphatic rings. The van der Waals surface area contributed by atoms with Crippen LogP contribution in [0.2, 0.25) is 0 Å². The summed E-state index contributed by atoms with van der Waals surface area (Å²) in [5.74, 6) is -1.18. The Morgan fingerprint density at radius 1 is 1.50 bits per heavy atom. The molecular weight excluding hydrogens is 287 g/mol. The summed E-state index contributed by atoms with van der Waals surface area (Å²) in [5.41, 5.74) is -0.121. The Hall–Kier alpha value is -1.80. The monoisotopic (exact) mass is 302 g/mol. The number of hydrogen-bond donors (Lipinski definition) is 0. The van der Waals surface area contributed by atoms with E-state index < -0.39 is 26.5 Å². The van der Waals surface area contributed by atoms with Gasteiger partial charge in [-0.2, -0.15) is 8.70 Å². The number of sulfonamides is 1. The van der Waals surface area contributed by atoms with Crippen molar-refractivity contribution in [1.29, 1.82) is 0 Å². The van der Waals surface area contributed by atoms with Crippen LogP contribution in [-0.2, 0) is 10.0 Å². The van der Waals surface area contributed by atoms with E-state index >= 15 is 0 Å². The molecule has 20 heavy (non-hydrogen) atoms. The summed E-state index contributed by atoms with van der Waals surface area (Å²) in [4.78, 5) is 9.29. The number of nitro benzene ring substituents is 1. The molecule has 0 bridgehead atoms. The van der Waals surface area contributed by atoms with Crippen LogP contribution in [-0.4, -0.2) is 30.7 Å². The summed E-state index contributed by atoms with van der Waals surface area (Å²) < 4.78 is 39.2. The normalized spacial score (nSPS) is 11.6. The van der Waals surface area contributed by atoms with Crippen LogP contribution in [0.15, 0.2) is 35.2 Å². The largest absolute Gasteiger partial charge is 0.304 e. The summed E-state index contributed by atoms with van der Waals surface area (Å²) in [6, 6.07) is 2.53. The third-order valence-corrected chi connectivity index (χ3v) is 4.47. The van der Waals surface area contributed by atoms with E-state index in [1.165, 1.54) is 0 Å². The summed E-state index contributed by atoms with van der Waals surface area (Å²) in [6.45, 7) is 7.25. The Kier molecular flexibility index (Phi) is 4.96. The molecule has 0 N–H and O–H groups in total. The molecule has 1 aromatic rings. The highest BCUT2D eigenvalue weighted by Crippen LogP contribution is 2.23. The second kappa shape index (κ2) is 6.10. The van der Waals surface area contributed by atoms with E-state index in [2.05, 4.69) is 6.58 Å². The maximum atomic E-state index is 13.5. The maximum absolute atomic E-state index is 13.5. The minimum atomic E-state index is -3.90. The third-order valence-electron chi connectivity index (χ3n) is 2.55. The molecule has 0 aliphatic carbocycles. The van der Waals surface area contributed by atoms with E-state index in [4.69, 9.17) is 0 Å². The smallest absolute Gasteiger partial charge is 0.258 e. The quantitative estimate of drug-likeness (QED) is 0.459. The number of halogens is 1. The zero-order chi connectivity index (χ0) is 15.5. The van der Waals surface area contributed by atoms with Crippen LogP contribution in [0, 0.1) is 15.9 Å². The Morgan fingerprint density at radius 3 is 2.50 bits per heavy atom. The Morgan fingerprint density at radius 2 is 2.10 bits per heavy atom. The van der Waals surface area contributed by atoms with Crippen molar-refractivity contribution in [2.24, 2.45) is 0 Å². The minimum Gasteiger partial charge on any atom is -0.258 e. The van der Waals surface area contributed by atoms with Gasteiger partial charge in [-0.25, -0.2) is 8.42 Å². The molecule has 8 heteroatoms. The van der Waals surface area contributed by atoms with Crippen LogP contribution in [0.4, 0.5) is 10.1 Å². The molecule has 0 saturated carbocycles. The van der Waals surface area contributed by atoms with Crippen molar-refractivity contribution in [3.05, 3.63) is 46.3 Å². The van der Waals surface area contributed by atoms with Crippen LogP contribution in [0.5, 0.6) is 0 Å². The lowest BCUT2D eigenvalue weighted by atomic mass is 10.3. The number of rotatable bonds is 6. The Balaban J connectivity index is 3.25. The molecule has 1 aromatic carbocycles. The molecule has 0 heterocycles. The first-order chi connectivity index (χ1) is 9.20. The average molecular weight is 302 g/mol. The van der Waals surface area contributed by atoms with Crippen molar-refractivity contribution in [2.75, 3.05) is 13.1 Å². The lowest BCUT2D eigenvalue weighted by molar-refractivity contribution is -0.387. The number of benzene rings is 1.